The molecule has 0 aliphatic rings. The number of primary amides is 1. The lowest BCUT2D eigenvalue weighted by Crippen LogP contribution is -2.16. The molecular formula is C23H28N2O4S. The number of hydrogen-bond donors (Lipinski definition) is 2. The second-order valence-electron chi connectivity index (χ2n) is 8.27. The molecule has 0 radical (unpaired) electrons. The largest absolute Gasteiger partial charge is 0.459 e. The second-order valence-corrected chi connectivity index (χ2v) is 9.29. The Morgan fingerprint density at radius 3 is 2.23 bits per heavy atom. The number of nitrogens with one attached hydrogen (secondary N) is 1. The van der Waals surface area contributed by atoms with Gasteiger partial charge in [0.05, 0.1) is 11.7 Å². The Morgan fingerprint density at radius 1 is 1.13 bits per heavy atom. The van der Waals surface area contributed by atoms with Crippen LogP contribution >= 0.6 is 11.3 Å². The van der Waals surface area contributed by atoms with E-state index in [0.717, 1.165) is 16.9 Å². The lowest BCUT2D eigenvalue weighted by Gasteiger charge is -2.18. The molecule has 0 saturated heterocycles. The quantitative estimate of drug-likeness (QED) is 0.516. The summed E-state index contributed by atoms with van der Waals surface area (Å²) in [5.74, 6) is -1.70. The monoisotopic (exact) mass is 428 g/mol. The first-order valence-electron chi connectivity index (χ1n) is 9.64. The Bertz CT molecular complexity index is 980. The minimum absolute atomic E-state index is 0.0518. The molecular weight excluding hydrogens is 400 g/mol. The van der Waals surface area contributed by atoms with Gasteiger partial charge in [0.25, 0.3) is 5.91 Å². The fourth-order valence-corrected chi connectivity index (χ4v) is 3.88. The van der Waals surface area contributed by atoms with Crippen LogP contribution in [0.5, 0.6) is 0 Å². The Morgan fingerprint density at radius 2 is 1.73 bits per heavy atom. The molecule has 2 aromatic rings. The van der Waals surface area contributed by atoms with Crippen molar-refractivity contribution in [3.8, 4) is 0 Å². The number of esters is 1. The summed E-state index contributed by atoms with van der Waals surface area (Å²) >= 11 is 0.978. The zero-order valence-corrected chi connectivity index (χ0v) is 19.0. The molecule has 1 heterocycles. The first-order valence-corrected chi connectivity index (χ1v) is 10.5. The summed E-state index contributed by atoms with van der Waals surface area (Å²) < 4.78 is 5.20. The zero-order chi connectivity index (χ0) is 22.6. The molecule has 0 bridgehead atoms. The van der Waals surface area contributed by atoms with Gasteiger partial charge in [-0.15, -0.1) is 11.3 Å². The Balaban J connectivity index is 2.20. The summed E-state index contributed by atoms with van der Waals surface area (Å²) in [7, 11) is 0. The molecule has 0 spiro atoms. The number of rotatable bonds is 6. The molecule has 0 atom stereocenters. The third-order valence-electron chi connectivity index (χ3n) is 4.36. The second kappa shape index (κ2) is 9.26. The summed E-state index contributed by atoms with van der Waals surface area (Å²) in [4.78, 5) is 36.8. The van der Waals surface area contributed by atoms with E-state index in [2.05, 4.69) is 26.1 Å². The topological polar surface area (TPSA) is 98.5 Å². The lowest BCUT2D eigenvalue weighted by molar-refractivity contribution is -0.111. The van der Waals surface area contributed by atoms with Crippen molar-refractivity contribution in [1.82, 2.24) is 0 Å². The molecule has 7 heteroatoms. The lowest BCUT2D eigenvalue weighted by atomic mass is 9.87. The van der Waals surface area contributed by atoms with Crippen LogP contribution in [0.4, 0.5) is 5.00 Å². The van der Waals surface area contributed by atoms with E-state index in [0.29, 0.717) is 5.56 Å². The van der Waals surface area contributed by atoms with E-state index in [1.54, 1.807) is 26.8 Å². The fraction of sp³-hybridized carbons (Fsp3) is 0.348. The maximum atomic E-state index is 12.4. The molecule has 0 fully saturated rings. The fourth-order valence-electron chi connectivity index (χ4n) is 2.78. The van der Waals surface area contributed by atoms with Gasteiger partial charge in [-0.2, -0.15) is 0 Å². The number of carbonyl (C=O) groups is 3. The molecule has 160 valence electrons. The van der Waals surface area contributed by atoms with E-state index in [9.17, 15) is 14.4 Å². The van der Waals surface area contributed by atoms with Gasteiger partial charge in [0.15, 0.2) is 0 Å². The predicted molar refractivity (Wildman–Crippen MR) is 121 cm³/mol. The maximum absolute atomic E-state index is 12.4. The molecule has 2 amide bonds. The van der Waals surface area contributed by atoms with Crippen molar-refractivity contribution >= 4 is 40.2 Å². The summed E-state index contributed by atoms with van der Waals surface area (Å²) in [6, 6.07) is 7.93. The van der Waals surface area contributed by atoms with Gasteiger partial charge in [0.1, 0.15) is 9.88 Å². The summed E-state index contributed by atoms with van der Waals surface area (Å²) in [6.07, 6.45) is 2.75. The minimum Gasteiger partial charge on any atom is -0.459 e. The number of hydrogen-bond acceptors (Lipinski definition) is 5. The van der Waals surface area contributed by atoms with Crippen LogP contribution in [0.2, 0.25) is 0 Å². The highest BCUT2D eigenvalue weighted by molar-refractivity contribution is 7.18. The normalized spacial score (nSPS) is 11.7. The van der Waals surface area contributed by atoms with Crippen LogP contribution in [0.1, 0.15) is 71.3 Å². The third kappa shape index (κ3) is 5.79. The Kier molecular flexibility index (Phi) is 7.21. The number of ether oxygens (including phenoxy) is 1. The number of benzene rings is 1. The van der Waals surface area contributed by atoms with Crippen molar-refractivity contribution in [3.63, 3.8) is 0 Å². The smallest absolute Gasteiger partial charge is 0.348 e. The third-order valence-corrected chi connectivity index (χ3v) is 5.55. The van der Waals surface area contributed by atoms with Gasteiger partial charge in [-0.3, -0.25) is 9.59 Å². The van der Waals surface area contributed by atoms with Crippen molar-refractivity contribution in [1.29, 1.82) is 0 Å². The van der Waals surface area contributed by atoms with Gasteiger partial charge in [0.2, 0.25) is 5.91 Å². The molecule has 0 aliphatic heterocycles. The van der Waals surface area contributed by atoms with Crippen molar-refractivity contribution in [2.75, 3.05) is 5.32 Å². The minimum atomic E-state index is -0.718. The van der Waals surface area contributed by atoms with Crippen LogP contribution in [0, 0.1) is 6.92 Å². The average Bonchev–Trinajstić information content (AvgIpc) is 2.95. The van der Waals surface area contributed by atoms with Gasteiger partial charge in [-0.1, -0.05) is 45.0 Å². The van der Waals surface area contributed by atoms with Gasteiger partial charge >= 0.3 is 5.97 Å². The van der Waals surface area contributed by atoms with Gasteiger partial charge in [0, 0.05) is 6.08 Å². The van der Waals surface area contributed by atoms with Crippen LogP contribution in [0.25, 0.3) is 6.08 Å². The molecule has 6 nitrogen and oxygen atoms in total. The molecule has 3 N–H and O–H groups in total. The van der Waals surface area contributed by atoms with Crippen LogP contribution in [0.3, 0.4) is 0 Å². The number of nitrogens with two attached hydrogens (primary N) is 1. The van der Waals surface area contributed by atoms with Crippen molar-refractivity contribution in [3.05, 3.63) is 57.5 Å². The van der Waals surface area contributed by atoms with Gasteiger partial charge in [-0.05, 0) is 49.0 Å². The van der Waals surface area contributed by atoms with Crippen LogP contribution in [-0.2, 0) is 14.9 Å². The molecule has 0 saturated carbocycles. The highest BCUT2D eigenvalue weighted by atomic mass is 32.1. The number of thiophene rings is 1. The summed E-state index contributed by atoms with van der Waals surface area (Å²) in [5, 5.41) is 2.88. The SMILES string of the molecule is Cc1c(C(=O)OC(C)C)sc(NC(=O)/C=C\c2ccc(C(C)(C)C)cc2)c1C(N)=O. The summed E-state index contributed by atoms with van der Waals surface area (Å²) in [6.45, 7) is 11.5. The average molecular weight is 429 g/mol. The van der Waals surface area contributed by atoms with E-state index < -0.39 is 17.8 Å². The number of anilines is 1. The highest BCUT2D eigenvalue weighted by Crippen LogP contribution is 2.33. The number of carbonyl (C=O) groups excluding carboxylic acids is 3. The highest BCUT2D eigenvalue weighted by Gasteiger charge is 2.25. The van der Waals surface area contributed by atoms with Crippen molar-refractivity contribution < 1.29 is 19.1 Å². The van der Waals surface area contributed by atoms with E-state index in [-0.39, 0.29) is 27.0 Å². The van der Waals surface area contributed by atoms with E-state index >= 15 is 0 Å². The molecule has 1 aromatic heterocycles. The molecule has 2 rings (SSSR count). The van der Waals surface area contributed by atoms with E-state index in [4.69, 9.17) is 10.5 Å². The van der Waals surface area contributed by atoms with E-state index in [1.165, 1.54) is 11.6 Å². The van der Waals surface area contributed by atoms with E-state index in [1.807, 2.05) is 24.3 Å². The van der Waals surface area contributed by atoms with Crippen LogP contribution in [-0.4, -0.2) is 23.9 Å². The summed E-state index contributed by atoms with van der Waals surface area (Å²) in [5.41, 5.74) is 8.11. The molecule has 0 unspecified atom stereocenters. The Labute approximate surface area is 181 Å². The van der Waals surface area contributed by atoms with Crippen molar-refractivity contribution in [2.45, 2.75) is 53.1 Å². The van der Waals surface area contributed by atoms with Gasteiger partial charge in [-0.25, -0.2) is 4.79 Å². The Hall–Kier alpha value is -2.93. The van der Waals surface area contributed by atoms with Crippen LogP contribution in [0.15, 0.2) is 30.3 Å². The van der Waals surface area contributed by atoms with Crippen molar-refractivity contribution in [2.24, 2.45) is 5.73 Å². The molecule has 30 heavy (non-hydrogen) atoms. The number of amides is 2. The first-order chi connectivity index (χ1) is 13.9. The predicted octanol–water partition coefficient (Wildman–Crippen LogP) is 4.67. The zero-order valence-electron chi connectivity index (χ0n) is 18.2. The van der Waals surface area contributed by atoms with Gasteiger partial charge < -0.3 is 15.8 Å². The van der Waals surface area contributed by atoms with Crippen LogP contribution < -0.4 is 11.1 Å². The molecule has 0 aliphatic carbocycles. The first kappa shape index (κ1) is 23.3. The standard InChI is InChI=1S/C23H28N2O4S/c1-13(2)29-22(28)19-14(3)18(20(24)27)21(30-19)25-17(26)12-9-15-7-10-16(11-8-15)23(4,5)6/h7-13H,1-6H3,(H2,24,27)(H,25,26)/b12-9-. The molecule has 1 aromatic carbocycles. The maximum Gasteiger partial charge on any atom is 0.348 e.